The van der Waals surface area contributed by atoms with Crippen LogP contribution in [0.25, 0.3) is 21.7 Å². The maximum Gasteiger partial charge on any atom is 0.270 e. The summed E-state index contributed by atoms with van der Waals surface area (Å²) >= 11 is 0. The molecule has 2 atom stereocenters. The Labute approximate surface area is 175 Å². The van der Waals surface area contributed by atoms with Gasteiger partial charge in [0.15, 0.2) is 11.6 Å². The number of aliphatic hydroxyl groups excluding tert-OH is 1. The number of hydrogen-bond acceptors (Lipinski definition) is 3. The van der Waals surface area contributed by atoms with Gasteiger partial charge >= 0.3 is 0 Å². The van der Waals surface area contributed by atoms with Crippen LogP contribution in [-0.4, -0.2) is 32.9 Å². The van der Waals surface area contributed by atoms with E-state index >= 15 is 0 Å². The Morgan fingerprint density at radius 1 is 1.06 bits per heavy atom. The highest BCUT2D eigenvalue weighted by molar-refractivity contribution is 5.98. The summed E-state index contributed by atoms with van der Waals surface area (Å²) < 4.78 is 27.9. The van der Waals surface area contributed by atoms with Crippen LogP contribution in [0.15, 0.2) is 47.3 Å². The van der Waals surface area contributed by atoms with Crippen LogP contribution in [0.5, 0.6) is 0 Å². The first-order valence-corrected chi connectivity index (χ1v) is 9.93. The molecule has 8 heteroatoms. The molecule has 1 aliphatic rings. The standard InChI is InChI=1S/C23H19F2N3O3/c1-28(23(31)17-8-11-4-2-3-5-16(11)26-17)18-6-7-19(29)21-20(18)12-9-14(24)15(25)10-13(12)22(30)27-21/h2-5,8-10,18-19,26,29H,6-7H2,1H3,(H,27,30)/t18-,19-/m0/s1. The highest BCUT2D eigenvalue weighted by atomic mass is 19.2. The average molecular weight is 423 g/mol. The zero-order chi connectivity index (χ0) is 21.9. The molecule has 6 nitrogen and oxygen atoms in total. The maximum atomic E-state index is 14.1. The van der Waals surface area contributed by atoms with E-state index in [2.05, 4.69) is 9.97 Å². The van der Waals surface area contributed by atoms with Crippen LogP contribution in [0.3, 0.4) is 0 Å². The molecule has 0 aliphatic heterocycles. The first-order chi connectivity index (χ1) is 14.8. The van der Waals surface area contributed by atoms with Crippen molar-refractivity contribution in [1.29, 1.82) is 0 Å². The van der Waals surface area contributed by atoms with Crippen LogP contribution in [0.2, 0.25) is 0 Å². The van der Waals surface area contributed by atoms with E-state index in [1.54, 1.807) is 13.1 Å². The molecule has 3 N–H and O–H groups in total. The summed E-state index contributed by atoms with van der Waals surface area (Å²) in [5, 5.41) is 11.5. The van der Waals surface area contributed by atoms with Gasteiger partial charge in [0.05, 0.1) is 23.2 Å². The smallest absolute Gasteiger partial charge is 0.270 e. The Morgan fingerprint density at radius 3 is 2.52 bits per heavy atom. The van der Waals surface area contributed by atoms with E-state index < -0.39 is 29.3 Å². The Kier molecular flexibility index (Phi) is 4.40. The topological polar surface area (TPSA) is 89.2 Å². The van der Waals surface area contributed by atoms with Crippen LogP contribution in [0.1, 0.15) is 46.7 Å². The van der Waals surface area contributed by atoms with Gasteiger partial charge in [-0.15, -0.1) is 0 Å². The molecule has 0 saturated heterocycles. The summed E-state index contributed by atoms with van der Waals surface area (Å²) in [7, 11) is 1.62. The van der Waals surface area contributed by atoms with Gasteiger partial charge in [0.2, 0.25) is 0 Å². The van der Waals surface area contributed by atoms with Crippen molar-refractivity contribution < 1.29 is 18.7 Å². The van der Waals surface area contributed by atoms with E-state index in [9.17, 15) is 23.5 Å². The lowest BCUT2D eigenvalue weighted by atomic mass is 9.85. The van der Waals surface area contributed by atoms with Gasteiger partial charge in [-0.25, -0.2) is 8.78 Å². The number of aromatic nitrogens is 2. The lowest BCUT2D eigenvalue weighted by molar-refractivity contribution is 0.0657. The molecule has 31 heavy (non-hydrogen) atoms. The fraction of sp³-hybridized carbons (Fsp3) is 0.217. The third-order valence-corrected chi connectivity index (χ3v) is 6.06. The SMILES string of the molecule is CN(C(=O)c1cc2ccccc2[nH]1)[C@H]1CC[C@H](O)c2[nH]c(=O)c3cc(F)c(F)cc3c21. The van der Waals surface area contributed by atoms with Crippen LogP contribution < -0.4 is 5.56 Å². The van der Waals surface area contributed by atoms with Gasteiger partial charge in [0.1, 0.15) is 5.69 Å². The number of nitrogens with zero attached hydrogens (tertiary/aromatic N) is 1. The normalized spacial score (nSPS) is 18.3. The summed E-state index contributed by atoms with van der Waals surface area (Å²) in [4.78, 5) is 32.9. The lowest BCUT2D eigenvalue weighted by Gasteiger charge is -2.35. The molecule has 158 valence electrons. The Bertz CT molecular complexity index is 1380. The number of H-pyrrole nitrogens is 2. The molecule has 0 bridgehead atoms. The van der Waals surface area contributed by atoms with Crippen molar-refractivity contribution in [3.63, 3.8) is 0 Å². The van der Waals surface area contributed by atoms with Crippen LogP contribution in [0, 0.1) is 11.6 Å². The second kappa shape index (κ2) is 7.02. The van der Waals surface area contributed by atoms with Gasteiger partial charge < -0.3 is 20.0 Å². The molecule has 2 aromatic heterocycles. The number of fused-ring (bicyclic) bond motifs is 4. The highest BCUT2D eigenvalue weighted by Crippen LogP contribution is 2.41. The summed E-state index contributed by atoms with van der Waals surface area (Å²) in [5.41, 5.74) is 1.26. The molecule has 1 amide bonds. The number of para-hydroxylation sites is 1. The summed E-state index contributed by atoms with van der Waals surface area (Å²) in [6.07, 6.45) is -0.253. The Morgan fingerprint density at radius 2 is 1.77 bits per heavy atom. The molecular weight excluding hydrogens is 404 g/mol. The number of aliphatic hydroxyl groups is 1. The number of hydrogen-bond donors (Lipinski definition) is 3. The van der Waals surface area contributed by atoms with Crippen molar-refractivity contribution in [3.8, 4) is 0 Å². The van der Waals surface area contributed by atoms with Crippen molar-refractivity contribution >= 4 is 27.6 Å². The number of carbonyl (C=O) groups excluding carboxylic acids is 1. The van der Waals surface area contributed by atoms with Crippen molar-refractivity contribution in [2.75, 3.05) is 7.05 Å². The van der Waals surface area contributed by atoms with Gasteiger partial charge in [-0.2, -0.15) is 0 Å². The minimum absolute atomic E-state index is 0.0248. The zero-order valence-electron chi connectivity index (χ0n) is 16.6. The fourth-order valence-electron chi connectivity index (χ4n) is 4.49. The van der Waals surface area contributed by atoms with Crippen LogP contribution >= 0.6 is 0 Å². The predicted molar refractivity (Wildman–Crippen MR) is 112 cm³/mol. The molecule has 4 aromatic rings. The summed E-state index contributed by atoms with van der Waals surface area (Å²) in [6, 6.07) is 10.5. The van der Waals surface area contributed by atoms with Gasteiger partial charge in [0.25, 0.3) is 11.5 Å². The number of carbonyl (C=O) groups is 1. The minimum Gasteiger partial charge on any atom is -0.387 e. The molecule has 0 spiro atoms. The molecule has 5 rings (SSSR count). The Balaban J connectivity index is 1.65. The number of halogens is 2. The second-order valence-corrected chi connectivity index (χ2v) is 7.89. The number of benzene rings is 2. The maximum absolute atomic E-state index is 14.1. The van der Waals surface area contributed by atoms with E-state index in [4.69, 9.17) is 0 Å². The average Bonchev–Trinajstić information content (AvgIpc) is 3.19. The monoisotopic (exact) mass is 423 g/mol. The third-order valence-electron chi connectivity index (χ3n) is 6.06. The number of nitrogens with one attached hydrogen (secondary N) is 2. The van der Waals surface area contributed by atoms with Gasteiger partial charge in [-0.3, -0.25) is 9.59 Å². The van der Waals surface area contributed by atoms with Crippen LogP contribution in [-0.2, 0) is 0 Å². The lowest BCUT2D eigenvalue weighted by Crippen LogP contribution is -2.35. The largest absolute Gasteiger partial charge is 0.387 e. The van der Waals surface area contributed by atoms with Gasteiger partial charge in [-0.1, -0.05) is 18.2 Å². The molecule has 0 fully saturated rings. The second-order valence-electron chi connectivity index (χ2n) is 7.89. The van der Waals surface area contributed by atoms with E-state index in [1.807, 2.05) is 24.3 Å². The number of aromatic amines is 2. The van der Waals surface area contributed by atoms with Crippen molar-refractivity contribution in [2.24, 2.45) is 0 Å². The molecule has 0 radical (unpaired) electrons. The summed E-state index contributed by atoms with van der Waals surface area (Å²) in [5.74, 6) is -2.51. The van der Waals surface area contributed by atoms with E-state index in [0.717, 1.165) is 23.0 Å². The Hall–Kier alpha value is -3.52. The van der Waals surface area contributed by atoms with Gasteiger partial charge in [-0.05, 0) is 42.5 Å². The highest BCUT2D eigenvalue weighted by Gasteiger charge is 2.34. The minimum atomic E-state index is -1.13. The first kappa shape index (κ1) is 19.4. The zero-order valence-corrected chi connectivity index (χ0v) is 16.6. The van der Waals surface area contributed by atoms with Gasteiger partial charge in [0, 0.05) is 23.5 Å². The fourth-order valence-corrected chi connectivity index (χ4v) is 4.49. The summed E-state index contributed by atoms with van der Waals surface area (Å²) in [6.45, 7) is 0. The number of rotatable bonds is 2. The van der Waals surface area contributed by atoms with E-state index in [0.29, 0.717) is 24.1 Å². The molecular formula is C23H19F2N3O3. The molecule has 0 saturated carbocycles. The van der Waals surface area contributed by atoms with E-state index in [1.165, 1.54) is 4.90 Å². The molecule has 0 unspecified atom stereocenters. The predicted octanol–water partition coefficient (Wildman–Crippen LogP) is 3.93. The van der Waals surface area contributed by atoms with E-state index in [-0.39, 0.29) is 22.4 Å². The quantitative estimate of drug-likeness (QED) is 0.456. The van der Waals surface area contributed by atoms with Crippen molar-refractivity contribution in [1.82, 2.24) is 14.9 Å². The molecule has 2 heterocycles. The number of amides is 1. The first-order valence-electron chi connectivity index (χ1n) is 9.93. The van der Waals surface area contributed by atoms with Crippen molar-refractivity contribution in [3.05, 3.63) is 81.4 Å². The van der Waals surface area contributed by atoms with Crippen molar-refractivity contribution in [2.45, 2.75) is 25.0 Å². The van der Waals surface area contributed by atoms with Crippen LogP contribution in [0.4, 0.5) is 8.78 Å². The third kappa shape index (κ3) is 3.02. The number of pyridine rings is 1. The molecule has 1 aliphatic carbocycles. The molecule has 2 aromatic carbocycles.